The minimum absolute atomic E-state index is 0.196. The molecular weight excluding hydrogens is 262 g/mol. The Morgan fingerprint density at radius 1 is 1.37 bits per heavy atom. The van der Waals surface area contributed by atoms with Gasteiger partial charge in [0.25, 0.3) is 0 Å². The van der Waals surface area contributed by atoms with Crippen molar-refractivity contribution in [3.05, 3.63) is 46.2 Å². The lowest BCUT2D eigenvalue weighted by molar-refractivity contribution is 0.111. The Labute approximate surface area is 117 Å². The summed E-state index contributed by atoms with van der Waals surface area (Å²) in [6.45, 7) is 6.65. The Morgan fingerprint density at radius 2 is 2.11 bits per heavy atom. The zero-order valence-electron chi connectivity index (χ0n) is 11.2. The molecule has 0 radical (unpaired) electrons. The van der Waals surface area contributed by atoms with E-state index in [1.165, 1.54) is 0 Å². The van der Waals surface area contributed by atoms with E-state index < -0.39 is 0 Å². The minimum atomic E-state index is -0.196. The number of nitrogens with zero attached hydrogens (tertiary/aromatic N) is 3. The first kappa shape index (κ1) is 13.7. The molecule has 0 unspecified atom stereocenters. The van der Waals surface area contributed by atoms with Crippen molar-refractivity contribution in [3.63, 3.8) is 0 Å². The van der Waals surface area contributed by atoms with Crippen molar-refractivity contribution < 1.29 is 4.79 Å². The third-order valence-corrected chi connectivity index (χ3v) is 3.04. The number of carbonyl (C=O) groups excluding carboxylic acids is 1. The van der Waals surface area contributed by atoms with Crippen LogP contribution in [0.4, 0.5) is 0 Å². The topological polar surface area (TPSA) is 47.8 Å². The normalized spacial score (nSPS) is 11.6. The summed E-state index contributed by atoms with van der Waals surface area (Å²) in [7, 11) is 0. The standard InChI is InChI=1S/C14H16ClN3O/c1-14(2,3)13-12(9-19)16-17-18(13)8-10-5-4-6-11(15)7-10/h4-7,9H,8H2,1-3H3. The van der Waals surface area contributed by atoms with Crippen LogP contribution in [0.5, 0.6) is 0 Å². The zero-order valence-corrected chi connectivity index (χ0v) is 12.0. The van der Waals surface area contributed by atoms with E-state index in [2.05, 4.69) is 10.3 Å². The van der Waals surface area contributed by atoms with Crippen molar-refractivity contribution >= 4 is 17.9 Å². The number of hydrogen-bond acceptors (Lipinski definition) is 3. The first-order chi connectivity index (χ1) is 8.91. The van der Waals surface area contributed by atoms with E-state index in [1.54, 1.807) is 4.68 Å². The maximum Gasteiger partial charge on any atom is 0.172 e. The molecule has 0 aliphatic heterocycles. The van der Waals surface area contributed by atoms with E-state index in [0.717, 1.165) is 17.5 Å². The van der Waals surface area contributed by atoms with Crippen LogP contribution in [-0.4, -0.2) is 21.3 Å². The molecule has 2 aromatic rings. The molecule has 5 heteroatoms. The minimum Gasteiger partial charge on any atom is -0.296 e. The van der Waals surface area contributed by atoms with Crippen molar-refractivity contribution in [1.82, 2.24) is 15.0 Å². The van der Waals surface area contributed by atoms with Gasteiger partial charge < -0.3 is 0 Å². The van der Waals surface area contributed by atoms with Crippen LogP contribution in [0, 0.1) is 0 Å². The number of aromatic nitrogens is 3. The first-order valence-corrected chi connectivity index (χ1v) is 6.43. The Bertz CT molecular complexity index is 599. The van der Waals surface area contributed by atoms with Crippen LogP contribution in [0.15, 0.2) is 24.3 Å². The van der Waals surface area contributed by atoms with Gasteiger partial charge in [-0.05, 0) is 17.7 Å². The molecule has 2 rings (SSSR count). The van der Waals surface area contributed by atoms with E-state index in [9.17, 15) is 4.79 Å². The Balaban J connectivity index is 2.41. The van der Waals surface area contributed by atoms with E-state index >= 15 is 0 Å². The maximum atomic E-state index is 11.1. The predicted molar refractivity (Wildman–Crippen MR) is 74.7 cm³/mol. The second-order valence-electron chi connectivity index (χ2n) is 5.48. The number of halogens is 1. The van der Waals surface area contributed by atoms with Gasteiger partial charge in [-0.1, -0.05) is 49.7 Å². The lowest BCUT2D eigenvalue weighted by atomic mass is 9.90. The molecule has 0 fully saturated rings. The average Bonchev–Trinajstić information content (AvgIpc) is 2.71. The summed E-state index contributed by atoms with van der Waals surface area (Å²) in [6, 6.07) is 7.58. The summed E-state index contributed by atoms with van der Waals surface area (Å²) < 4.78 is 1.76. The van der Waals surface area contributed by atoms with Crippen LogP contribution in [-0.2, 0) is 12.0 Å². The SMILES string of the molecule is CC(C)(C)c1c(C=O)nnn1Cc1cccc(Cl)c1. The molecule has 0 aliphatic carbocycles. The van der Waals surface area contributed by atoms with Crippen LogP contribution < -0.4 is 0 Å². The number of hydrogen-bond donors (Lipinski definition) is 0. The van der Waals surface area contributed by atoms with Gasteiger partial charge in [-0.25, -0.2) is 4.68 Å². The summed E-state index contributed by atoms with van der Waals surface area (Å²) in [5.74, 6) is 0. The average molecular weight is 278 g/mol. The van der Waals surface area contributed by atoms with Gasteiger partial charge in [0.05, 0.1) is 12.2 Å². The van der Waals surface area contributed by atoms with Gasteiger partial charge in [0.15, 0.2) is 6.29 Å². The van der Waals surface area contributed by atoms with Crippen LogP contribution in [0.25, 0.3) is 0 Å². The monoisotopic (exact) mass is 277 g/mol. The van der Waals surface area contributed by atoms with Crippen LogP contribution in [0.2, 0.25) is 5.02 Å². The molecule has 19 heavy (non-hydrogen) atoms. The van der Waals surface area contributed by atoms with E-state index in [1.807, 2.05) is 45.0 Å². The van der Waals surface area contributed by atoms with Gasteiger partial charge in [-0.3, -0.25) is 4.79 Å². The molecule has 0 saturated heterocycles. The molecule has 0 spiro atoms. The molecule has 0 bridgehead atoms. The molecule has 1 heterocycles. The molecule has 1 aromatic heterocycles. The predicted octanol–water partition coefficient (Wildman–Crippen LogP) is 3.09. The molecule has 4 nitrogen and oxygen atoms in total. The molecular formula is C14H16ClN3O. The Morgan fingerprint density at radius 3 is 2.68 bits per heavy atom. The fraction of sp³-hybridized carbons (Fsp3) is 0.357. The molecule has 0 atom stereocenters. The van der Waals surface area contributed by atoms with Crippen molar-refractivity contribution in [2.75, 3.05) is 0 Å². The number of carbonyl (C=O) groups is 1. The van der Waals surface area contributed by atoms with Gasteiger partial charge in [0.1, 0.15) is 5.69 Å². The molecule has 0 amide bonds. The summed E-state index contributed by atoms with van der Waals surface area (Å²) in [4.78, 5) is 11.1. The van der Waals surface area contributed by atoms with E-state index in [4.69, 9.17) is 11.6 Å². The van der Waals surface area contributed by atoms with Crippen molar-refractivity contribution in [2.24, 2.45) is 0 Å². The molecule has 0 N–H and O–H groups in total. The third-order valence-electron chi connectivity index (χ3n) is 2.80. The maximum absolute atomic E-state index is 11.1. The van der Waals surface area contributed by atoms with E-state index in [0.29, 0.717) is 17.3 Å². The van der Waals surface area contributed by atoms with Gasteiger partial charge >= 0.3 is 0 Å². The van der Waals surface area contributed by atoms with Gasteiger partial charge in [-0.2, -0.15) is 0 Å². The fourth-order valence-electron chi connectivity index (χ4n) is 2.10. The highest BCUT2D eigenvalue weighted by Crippen LogP contribution is 2.24. The van der Waals surface area contributed by atoms with Gasteiger partial charge in [0, 0.05) is 10.4 Å². The number of benzene rings is 1. The molecule has 0 saturated carbocycles. The highest BCUT2D eigenvalue weighted by molar-refractivity contribution is 6.30. The van der Waals surface area contributed by atoms with Crippen molar-refractivity contribution in [2.45, 2.75) is 32.7 Å². The van der Waals surface area contributed by atoms with Crippen LogP contribution >= 0.6 is 11.6 Å². The Hall–Kier alpha value is -1.68. The summed E-state index contributed by atoms with van der Waals surface area (Å²) in [5.41, 5.74) is 2.07. The smallest absolute Gasteiger partial charge is 0.172 e. The molecule has 100 valence electrons. The van der Waals surface area contributed by atoms with Crippen molar-refractivity contribution in [1.29, 1.82) is 0 Å². The molecule has 1 aromatic carbocycles. The van der Waals surface area contributed by atoms with Crippen LogP contribution in [0.1, 0.15) is 42.5 Å². The van der Waals surface area contributed by atoms with Gasteiger partial charge in [0.2, 0.25) is 0 Å². The lowest BCUT2D eigenvalue weighted by Crippen LogP contribution is -2.20. The molecule has 0 aliphatic rings. The van der Waals surface area contributed by atoms with Crippen LogP contribution in [0.3, 0.4) is 0 Å². The first-order valence-electron chi connectivity index (χ1n) is 6.05. The van der Waals surface area contributed by atoms with E-state index in [-0.39, 0.29) is 5.41 Å². The second kappa shape index (κ2) is 5.13. The highest BCUT2D eigenvalue weighted by atomic mass is 35.5. The fourth-order valence-corrected chi connectivity index (χ4v) is 2.31. The zero-order chi connectivity index (χ0) is 14.0. The highest BCUT2D eigenvalue weighted by Gasteiger charge is 2.25. The largest absolute Gasteiger partial charge is 0.296 e. The summed E-state index contributed by atoms with van der Waals surface area (Å²) in [6.07, 6.45) is 0.752. The summed E-state index contributed by atoms with van der Waals surface area (Å²) >= 11 is 5.97. The quantitative estimate of drug-likeness (QED) is 0.810. The third kappa shape index (κ3) is 3.01. The second-order valence-corrected chi connectivity index (χ2v) is 5.92. The van der Waals surface area contributed by atoms with Gasteiger partial charge in [-0.15, -0.1) is 5.10 Å². The number of rotatable bonds is 3. The lowest BCUT2D eigenvalue weighted by Gasteiger charge is -2.20. The summed E-state index contributed by atoms with van der Waals surface area (Å²) in [5, 5.41) is 8.69. The number of aldehydes is 1. The Kier molecular flexibility index (Phi) is 3.71. The van der Waals surface area contributed by atoms with Crippen molar-refractivity contribution in [3.8, 4) is 0 Å².